The van der Waals surface area contributed by atoms with Gasteiger partial charge in [-0.3, -0.25) is 4.79 Å². The van der Waals surface area contributed by atoms with Gasteiger partial charge in [-0.1, -0.05) is 0 Å². The first-order valence-corrected chi connectivity index (χ1v) is 6.79. The Kier molecular flexibility index (Phi) is 4.06. The number of carbonyl (C=O) groups excluding carboxylic acids is 1. The molecule has 1 aromatic heterocycles. The van der Waals surface area contributed by atoms with Crippen molar-refractivity contribution in [1.82, 2.24) is 5.32 Å². The van der Waals surface area contributed by atoms with Crippen LogP contribution in [0, 0.1) is 6.92 Å². The van der Waals surface area contributed by atoms with Crippen LogP contribution >= 0.6 is 11.3 Å². The minimum absolute atomic E-state index is 0.185. The number of hydrogen-bond acceptors (Lipinski definition) is 4. The fourth-order valence-corrected chi connectivity index (χ4v) is 2.60. The molecular weight excluding hydrogens is 260 g/mol. The number of nitrogens with two attached hydrogens (primary N) is 1. The van der Waals surface area contributed by atoms with Crippen molar-refractivity contribution < 1.29 is 9.53 Å². The second kappa shape index (κ2) is 5.75. The van der Waals surface area contributed by atoms with Crippen molar-refractivity contribution in [1.29, 1.82) is 0 Å². The van der Waals surface area contributed by atoms with Gasteiger partial charge in [-0.2, -0.15) is 11.3 Å². The molecule has 0 aliphatic heterocycles. The summed E-state index contributed by atoms with van der Waals surface area (Å²) in [4.78, 5) is 12.1. The first kappa shape index (κ1) is 13.4. The molecule has 4 nitrogen and oxygen atoms in total. The first-order valence-electron chi connectivity index (χ1n) is 5.85. The topological polar surface area (TPSA) is 64.3 Å². The summed E-state index contributed by atoms with van der Waals surface area (Å²) >= 11 is 1.63. The largest absolute Gasteiger partial charge is 0.496 e. The number of carbonyl (C=O) groups is 1. The monoisotopic (exact) mass is 276 g/mol. The van der Waals surface area contributed by atoms with E-state index in [9.17, 15) is 4.79 Å². The molecule has 0 aliphatic carbocycles. The number of ether oxygens (including phenoxy) is 1. The van der Waals surface area contributed by atoms with Gasteiger partial charge in [-0.05, 0) is 47.0 Å². The fraction of sp³-hybridized carbons (Fsp3) is 0.214. The van der Waals surface area contributed by atoms with Crippen LogP contribution in [0.3, 0.4) is 0 Å². The Bertz CT molecular complexity index is 593. The number of aryl methyl sites for hydroxylation is 1. The summed E-state index contributed by atoms with van der Waals surface area (Å²) in [5, 5.41) is 6.97. The predicted molar refractivity (Wildman–Crippen MR) is 77.6 cm³/mol. The van der Waals surface area contributed by atoms with Crippen molar-refractivity contribution in [2.45, 2.75) is 13.5 Å². The van der Waals surface area contributed by atoms with Crippen molar-refractivity contribution in [3.05, 3.63) is 45.6 Å². The van der Waals surface area contributed by atoms with Gasteiger partial charge in [-0.15, -0.1) is 0 Å². The number of methoxy groups -OCH3 is 1. The Morgan fingerprint density at radius 2 is 2.21 bits per heavy atom. The number of hydrogen-bond donors (Lipinski definition) is 2. The van der Waals surface area contributed by atoms with Crippen molar-refractivity contribution >= 4 is 22.9 Å². The second-order valence-corrected chi connectivity index (χ2v) is 4.97. The summed E-state index contributed by atoms with van der Waals surface area (Å²) < 4.78 is 5.17. The number of rotatable bonds is 4. The van der Waals surface area contributed by atoms with Gasteiger partial charge in [0.15, 0.2) is 0 Å². The van der Waals surface area contributed by atoms with Gasteiger partial charge in [0.05, 0.1) is 12.7 Å². The molecule has 0 aliphatic rings. The van der Waals surface area contributed by atoms with Crippen LogP contribution in [-0.2, 0) is 6.54 Å². The number of benzene rings is 1. The van der Waals surface area contributed by atoms with Crippen molar-refractivity contribution in [3.63, 3.8) is 0 Å². The molecule has 0 spiro atoms. The van der Waals surface area contributed by atoms with Gasteiger partial charge in [0, 0.05) is 12.2 Å². The molecule has 0 atom stereocenters. The van der Waals surface area contributed by atoms with Crippen LogP contribution in [-0.4, -0.2) is 13.0 Å². The van der Waals surface area contributed by atoms with E-state index in [1.165, 1.54) is 12.7 Å². The molecule has 3 N–H and O–H groups in total. The molecule has 1 heterocycles. The molecular formula is C14H16N2O2S. The van der Waals surface area contributed by atoms with Crippen molar-refractivity contribution in [2.75, 3.05) is 12.8 Å². The Morgan fingerprint density at radius 1 is 1.42 bits per heavy atom. The zero-order valence-corrected chi connectivity index (χ0v) is 11.7. The average molecular weight is 276 g/mol. The minimum Gasteiger partial charge on any atom is -0.496 e. The Balaban J connectivity index is 2.12. The Labute approximate surface area is 116 Å². The van der Waals surface area contributed by atoms with E-state index in [2.05, 4.69) is 10.7 Å². The maximum atomic E-state index is 12.1. The molecule has 0 saturated carbocycles. The molecule has 100 valence electrons. The third-order valence-corrected chi connectivity index (χ3v) is 3.78. The quantitative estimate of drug-likeness (QED) is 0.844. The summed E-state index contributed by atoms with van der Waals surface area (Å²) in [7, 11) is 1.53. The third-order valence-electron chi connectivity index (χ3n) is 2.87. The van der Waals surface area contributed by atoms with E-state index in [4.69, 9.17) is 10.5 Å². The average Bonchev–Trinajstić information content (AvgIpc) is 2.81. The molecule has 0 fully saturated rings. The highest BCUT2D eigenvalue weighted by Gasteiger charge is 2.12. The van der Waals surface area contributed by atoms with Gasteiger partial charge in [-0.25, -0.2) is 0 Å². The van der Waals surface area contributed by atoms with E-state index in [1.807, 2.05) is 12.3 Å². The van der Waals surface area contributed by atoms with E-state index in [-0.39, 0.29) is 5.91 Å². The second-order valence-electron chi connectivity index (χ2n) is 4.22. The van der Waals surface area contributed by atoms with E-state index >= 15 is 0 Å². The maximum Gasteiger partial charge on any atom is 0.255 e. The highest BCUT2D eigenvalue weighted by atomic mass is 32.1. The molecule has 1 amide bonds. The molecule has 1 aromatic carbocycles. The molecule has 0 unspecified atom stereocenters. The summed E-state index contributed by atoms with van der Waals surface area (Å²) in [6.45, 7) is 2.53. The number of anilines is 1. The van der Waals surface area contributed by atoms with Crippen LogP contribution < -0.4 is 15.8 Å². The molecule has 0 radical (unpaired) electrons. The highest BCUT2D eigenvalue weighted by Crippen LogP contribution is 2.21. The summed E-state index contributed by atoms with van der Waals surface area (Å²) in [6, 6.07) is 5.02. The maximum absolute atomic E-state index is 12.1. The van der Waals surface area contributed by atoms with Crippen LogP contribution in [0.4, 0.5) is 5.69 Å². The lowest BCUT2D eigenvalue weighted by atomic mass is 10.1. The van der Waals surface area contributed by atoms with Crippen LogP contribution in [0.15, 0.2) is 29.0 Å². The molecule has 19 heavy (non-hydrogen) atoms. The summed E-state index contributed by atoms with van der Waals surface area (Å²) in [5.41, 5.74) is 9.01. The van der Waals surface area contributed by atoms with Crippen molar-refractivity contribution in [2.24, 2.45) is 0 Å². The van der Waals surface area contributed by atoms with Crippen LogP contribution in [0.1, 0.15) is 21.5 Å². The lowest BCUT2D eigenvalue weighted by Crippen LogP contribution is -2.23. The van der Waals surface area contributed by atoms with Gasteiger partial charge < -0.3 is 15.8 Å². The van der Waals surface area contributed by atoms with Crippen LogP contribution in [0.2, 0.25) is 0 Å². The number of nitrogens with one attached hydrogen (secondary N) is 1. The van der Waals surface area contributed by atoms with Gasteiger partial charge >= 0.3 is 0 Å². The van der Waals surface area contributed by atoms with Crippen molar-refractivity contribution in [3.8, 4) is 5.75 Å². The predicted octanol–water partition coefficient (Wildman–Crippen LogP) is 2.58. The summed E-state index contributed by atoms with van der Waals surface area (Å²) in [6.07, 6.45) is 0. The van der Waals surface area contributed by atoms with Crippen LogP contribution in [0.25, 0.3) is 0 Å². The van der Waals surface area contributed by atoms with E-state index in [1.54, 1.807) is 29.5 Å². The molecule has 0 saturated heterocycles. The number of amides is 1. The normalized spacial score (nSPS) is 10.2. The summed E-state index contributed by atoms with van der Waals surface area (Å²) in [5.74, 6) is 0.337. The zero-order valence-electron chi connectivity index (χ0n) is 10.9. The van der Waals surface area contributed by atoms with Gasteiger partial charge in [0.1, 0.15) is 5.75 Å². The standard InChI is InChI=1S/C14H16N2O2S/c1-9-7-19-8-10(9)6-16-14(17)12-5-11(15)3-4-13(12)18-2/h3-5,7-8H,6,15H2,1-2H3,(H,16,17). The lowest BCUT2D eigenvalue weighted by molar-refractivity contribution is 0.0948. The lowest BCUT2D eigenvalue weighted by Gasteiger charge is -2.10. The van der Waals surface area contributed by atoms with Crippen LogP contribution in [0.5, 0.6) is 5.75 Å². The Morgan fingerprint density at radius 3 is 2.84 bits per heavy atom. The molecule has 5 heteroatoms. The van der Waals surface area contributed by atoms with E-state index in [0.29, 0.717) is 23.5 Å². The first-order chi connectivity index (χ1) is 9.11. The van der Waals surface area contributed by atoms with E-state index < -0.39 is 0 Å². The molecule has 0 bridgehead atoms. The van der Waals surface area contributed by atoms with E-state index in [0.717, 1.165) is 5.56 Å². The number of nitrogen functional groups attached to an aromatic ring is 1. The SMILES string of the molecule is COc1ccc(N)cc1C(=O)NCc1cscc1C. The smallest absolute Gasteiger partial charge is 0.255 e. The number of thiophene rings is 1. The third kappa shape index (κ3) is 3.06. The zero-order chi connectivity index (χ0) is 13.8. The highest BCUT2D eigenvalue weighted by molar-refractivity contribution is 7.08. The van der Waals surface area contributed by atoms with Gasteiger partial charge in [0.2, 0.25) is 0 Å². The Hall–Kier alpha value is -2.01. The minimum atomic E-state index is -0.185. The van der Waals surface area contributed by atoms with Gasteiger partial charge in [0.25, 0.3) is 5.91 Å². The fourth-order valence-electron chi connectivity index (χ4n) is 1.74. The molecule has 2 aromatic rings. The molecule has 2 rings (SSSR count).